The fourth-order valence-electron chi connectivity index (χ4n) is 2.97. The first kappa shape index (κ1) is 21.7. The minimum atomic E-state index is -0.512. The molecule has 1 unspecified atom stereocenters. The highest BCUT2D eigenvalue weighted by molar-refractivity contribution is 5.91. The SMILES string of the molecule is CC[C@H](O)C(C)[C@@H](CC)OC(=O)C(=Cc1ccccc1)OCc1ccccc1. The van der Waals surface area contributed by atoms with E-state index in [9.17, 15) is 9.90 Å². The van der Waals surface area contributed by atoms with Crippen molar-refractivity contribution in [2.45, 2.75) is 52.4 Å². The molecule has 28 heavy (non-hydrogen) atoms. The molecule has 0 aliphatic carbocycles. The van der Waals surface area contributed by atoms with Crippen LogP contribution in [0.25, 0.3) is 6.08 Å². The van der Waals surface area contributed by atoms with Crippen LogP contribution in [0.1, 0.15) is 44.7 Å². The average Bonchev–Trinajstić information content (AvgIpc) is 2.75. The van der Waals surface area contributed by atoms with E-state index < -0.39 is 12.1 Å². The number of ether oxygens (including phenoxy) is 2. The van der Waals surface area contributed by atoms with Crippen molar-refractivity contribution in [2.75, 3.05) is 0 Å². The van der Waals surface area contributed by atoms with Gasteiger partial charge in [-0.3, -0.25) is 0 Å². The van der Waals surface area contributed by atoms with Crippen molar-refractivity contribution >= 4 is 12.0 Å². The number of aliphatic hydroxyl groups excluding tert-OH is 1. The molecule has 0 aliphatic heterocycles. The second-order valence-corrected chi connectivity index (χ2v) is 6.88. The molecule has 0 aliphatic rings. The molecule has 2 aromatic carbocycles. The van der Waals surface area contributed by atoms with Gasteiger partial charge in [-0.1, -0.05) is 81.4 Å². The van der Waals surface area contributed by atoms with Crippen LogP contribution in [-0.2, 0) is 20.9 Å². The number of benzene rings is 2. The van der Waals surface area contributed by atoms with Crippen molar-refractivity contribution in [2.24, 2.45) is 5.92 Å². The van der Waals surface area contributed by atoms with Gasteiger partial charge in [-0.25, -0.2) is 4.79 Å². The Kier molecular flexibility index (Phi) is 8.76. The van der Waals surface area contributed by atoms with Crippen LogP contribution in [-0.4, -0.2) is 23.3 Å². The molecule has 2 rings (SSSR count). The van der Waals surface area contributed by atoms with Crippen LogP contribution in [0.4, 0.5) is 0 Å². The van der Waals surface area contributed by atoms with Crippen LogP contribution in [0.3, 0.4) is 0 Å². The van der Waals surface area contributed by atoms with Gasteiger partial charge in [0.1, 0.15) is 12.7 Å². The van der Waals surface area contributed by atoms with E-state index >= 15 is 0 Å². The van der Waals surface area contributed by atoms with Crippen molar-refractivity contribution in [1.82, 2.24) is 0 Å². The molecular weight excluding hydrogens is 352 g/mol. The molecule has 3 atom stereocenters. The fourth-order valence-corrected chi connectivity index (χ4v) is 2.97. The van der Waals surface area contributed by atoms with Crippen LogP contribution in [0.5, 0.6) is 0 Å². The summed E-state index contributed by atoms with van der Waals surface area (Å²) >= 11 is 0. The summed E-state index contributed by atoms with van der Waals surface area (Å²) in [5.74, 6) is -0.500. The number of carbonyl (C=O) groups excluding carboxylic acids is 1. The normalized spacial score (nSPS) is 14.8. The third kappa shape index (κ3) is 6.54. The van der Waals surface area contributed by atoms with E-state index in [4.69, 9.17) is 9.47 Å². The van der Waals surface area contributed by atoms with Gasteiger partial charge in [0.05, 0.1) is 6.10 Å². The van der Waals surface area contributed by atoms with Crippen LogP contribution >= 0.6 is 0 Å². The molecule has 150 valence electrons. The largest absolute Gasteiger partial charge is 0.482 e. The Morgan fingerprint density at radius 3 is 2.18 bits per heavy atom. The van der Waals surface area contributed by atoms with Crippen molar-refractivity contribution in [1.29, 1.82) is 0 Å². The number of esters is 1. The van der Waals surface area contributed by atoms with Crippen molar-refractivity contribution in [3.05, 3.63) is 77.5 Å². The molecule has 0 saturated carbocycles. The summed E-state index contributed by atoms with van der Waals surface area (Å²) < 4.78 is 11.5. The minimum Gasteiger partial charge on any atom is -0.482 e. The monoisotopic (exact) mass is 382 g/mol. The van der Waals surface area contributed by atoms with E-state index in [-0.39, 0.29) is 24.4 Å². The van der Waals surface area contributed by atoms with Crippen molar-refractivity contribution in [3.8, 4) is 0 Å². The van der Waals surface area contributed by atoms with Crippen molar-refractivity contribution in [3.63, 3.8) is 0 Å². The predicted octanol–water partition coefficient (Wildman–Crippen LogP) is 4.97. The Hall–Kier alpha value is -2.59. The van der Waals surface area contributed by atoms with Crippen LogP contribution in [0, 0.1) is 5.92 Å². The molecule has 4 nitrogen and oxygen atoms in total. The lowest BCUT2D eigenvalue weighted by molar-refractivity contribution is -0.153. The summed E-state index contributed by atoms with van der Waals surface area (Å²) in [5, 5.41) is 10.1. The zero-order valence-corrected chi connectivity index (χ0v) is 16.9. The van der Waals surface area contributed by atoms with Gasteiger partial charge in [0, 0.05) is 5.92 Å². The fraction of sp³-hybridized carbons (Fsp3) is 0.375. The number of hydrogen-bond donors (Lipinski definition) is 1. The molecule has 0 heterocycles. The van der Waals surface area contributed by atoms with Gasteiger partial charge < -0.3 is 14.6 Å². The topological polar surface area (TPSA) is 55.8 Å². The van der Waals surface area contributed by atoms with E-state index in [1.807, 2.05) is 81.4 Å². The molecule has 0 saturated heterocycles. The first-order valence-corrected chi connectivity index (χ1v) is 9.87. The molecule has 0 bridgehead atoms. The van der Waals surface area contributed by atoms with Crippen LogP contribution in [0.2, 0.25) is 0 Å². The average molecular weight is 383 g/mol. The van der Waals surface area contributed by atoms with Gasteiger partial charge in [-0.05, 0) is 30.0 Å². The first-order chi connectivity index (χ1) is 13.5. The van der Waals surface area contributed by atoms with Gasteiger partial charge in [0.2, 0.25) is 5.76 Å². The van der Waals surface area contributed by atoms with E-state index in [2.05, 4.69) is 0 Å². The zero-order chi connectivity index (χ0) is 20.4. The Morgan fingerprint density at radius 1 is 1.00 bits per heavy atom. The summed E-state index contributed by atoms with van der Waals surface area (Å²) in [6.07, 6.45) is 2.05. The van der Waals surface area contributed by atoms with Gasteiger partial charge in [0.25, 0.3) is 0 Å². The molecule has 1 N–H and O–H groups in total. The molecule has 2 aromatic rings. The van der Waals surface area contributed by atoms with E-state index in [0.29, 0.717) is 12.8 Å². The van der Waals surface area contributed by atoms with E-state index in [0.717, 1.165) is 11.1 Å². The lowest BCUT2D eigenvalue weighted by Gasteiger charge is -2.26. The highest BCUT2D eigenvalue weighted by Gasteiger charge is 2.27. The van der Waals surface area contributed by atoms with E-state index in [1.165, 1.54) is 0 Å². The second-order valence-electron chi connectivity index (χ2n) is 6.88. The Labute approximate surface area is 167 Å². The number of aliphatic hydroxyl groups is 1. The Morgan fingerprint density at radius 2 is 1.61 bits per heavy atom. The van der Waals surface area contributed by atoms with Gasteiger partial charge in [-0.2, -0.15) is 0 Å². The summed E-state index contributed by atoms with van der Waals surface area (Å²) in [6.45, 7) is 6.04. The second kappa shape index (κ2) is 11.3. The highest BCUT2D eigenvalue weighted by Crippen LogP contribution is 2.21. The van der Waals surface area contributed by atoms with Gasteiger partial charge in [0.15, 0.2) is 0 Å². The lowest BCUT2D eigenvalue weighted by Crippen LogP contribution is -2.33. The molecule has 0 amide bonds. The number of carbonyl (C=O) groups is 1. The third-order valence-electron chi connectivity index (χ3n) is 4.81. The molecular formula is C24H30O4. The number of rotatable bonds is 10. The first-order valence-electron chi connectivity index (χ1n) is 9.87. The van der Waals surface area contributed by atoms with Crippen LogP contribution in [0.15, 0.2) is 66.4 Å². The Balaban J connectivity index is 2.17. The molecule has 0 fully saturated rings. The summed E-state index contributed by atoms with van der Waals surface area (Å²) in [7, 11) is 0. The quantitative estimate of drug-likeness (QED) is 0.358. The maximum atomic E-state index is 12.9. The summed E-state index contributed by atoms with van der Waals surface area (Å²) in [5.41, 5.74) is 1.83. The van der Waals surface area contributed by atoms with Gasteiger partial charge in [-0.15, -0.1) is 0 Å². The Bertz CT molecular complexity index is 740. The third-order valence-corrected chi connectivity index (χ3v) is 4.81. The molecule has 4 heteroatoms. The summed E-state index contributed by atoms with van der Waals surface area (Å²) in [6, 6.07) is 19.2. The van der Waals surface area contributed by atoms with Crippen LogP contribution < -0.4 is 0 Å². The zero-order valence-electron chi connectivity index (χ0n) is 16.9. The summed E-state index contributed by atoms with van der Waals surface area (Å²) in [4.78, 5) is 12.9. The maximum Gasteiger partial charge on any atom is 0.373 e. The standard InChI is InChI=1S/C24H30O4/c1-4-21(25)18(3)22(5-2)28-24(26)23(16-19-12-8-6-9-13-19)27-17-20-14-10-7-11-15-20/h6-16,18,21-22,25H,4-5,17H2,1-3H3/t18?,21-,22+/m0/s1. The number of hydrogen-bond acceptors (Lipinski definition) is 4. The van der Waals surface area contributed by atoms with Crippen molar-refractivity contribution < 1.29 is 19.4 Å². The molecule has 0 aromatic heterocycles. The predicted molar refractivity (Wildman–Crippen MR) is 111 cm³/mol. The minimum absolute atomic E-state index is 0.147. The van der Waals surface area contributed by atoms with E-state index in [1.54, 1.807) is 6.08 Å². The lowest BCUT2D eigenvalue weighted by atomic mass is 9.94. The molecule has 0 spiro atoms. The molecule has 0 radical (unpaired) electrons. The smallest absolute Gasteiger partial charge is 0.373 e. The van der Waals surface area contributed by atoms with Gasteiger partial charge >= 0.3 is 5.97 Å². The highest BCUT2D eigenvalue weighted by atomic mass is 16.6. The maximum absolute atomic E-state index is 12.9.